The molecule has 3 aromatic rings. The number of ether oxygens (including phenoxy) is 1. The number of nitro benzene ring substituents is 1. The van der Waals surface area contributed by atoms with Crippen molar-refractivity contribution < 1.29 is 14.5 Å². The Balaban J connectivity index is 1.62. The van der Waals surface area contributed by atoms with Gasteiger partial charge in [0.1, 0.15) is 5.75 Å². The second-order valence-corrected chi connectivity index (χ2v) is 6.30. The molecule has 1 aromatic heterocycles. The SMILES string of the molecule is CCc1ccc2nc(NC(=O)COc3cccc([N+](=O)[O-])c3)sc2c1. The Hall–Kier alpha value is -3.00. The van der Waals surface area contributed by atoms with Crippen molar-refractivity contribution in [1.82, 2.24) is 4.98 Å². The summed E-state index contributed by atoms with van der Waals surface area (Å²) in [6.07, 6.45) is 0.937. The number of hydrogen-bond acceptors (Lipinski definition) is 6. The molecule has 2 aromatic carbocycles. The van der Waals surface area contributed by atoms with Gasteiger partial charge in [-0.3, -0.25) is 20.2 Å². The van der Waals surface area contributed by atoms with E-state index in [2.05, 4.69) is 23.3 Å². The highest BCUT2D eigenvalue weighted by molar-refractivity contribution is 7.22. The lowest BCUT2D eigenvalue weighted by molar-refractivity contribution is -0.384. The van der Waals surface area contributed by atoms with Crippen LogP contribution in [0.25, 0.3) is 10.2 Å². The van der Waals surface area contributed by atoms with E-state index in [1.54, 1.807) is 6.07 Å². The molecule has 0 aliphatic carbocycles. The van der Waals surface area contributed by atoms with Crippen LogP contribution in [0.1, 0.15) is 12.5 Å². The Labute approximate surface area is 147 Å². The minimum Gasteiger partial charge on any atom is -0.484 e. The first-order valence-electron chi connectivity index (χ1n) is 7.61. The van der Waals surface area contributed by atoms with E-state index in [1.807, 2.05) is 12.1 Å². The molecule has 1 N–H and O–H groups in total. The first kappa shape index (κ1) is 16.8. The topological polar surface area (TPSA) is 94.4 Å². The number of aromatic nitrogens is 1. The molecule has 1 heterocycles. The lowest BCUT2D eigenvalue weighted by atomic mass is 10.2. The number of carbonyl (C=O) groups is 1. The fourth-order valence-corrected chi connectivity index (χ4v) is 3.18. The summed E-state index contributed by atoms with van der Waals surface area (Å²) < 4.78 is 6.31. The predicted molar refractivity (Wildman–Crippen MR) is 96.2 cm³/mol. The van der Waals surface area contributed by atoms with Crippen LogP contribution in [-0.2, 0) is 11.2 Å². The van der Waals surface area contributed by atoms with E-state index in [0.717, 1.165) is 16.6 Å². The van der Waals surface area contributed by atoms with Gasteiger partial charge in [0.05, 0.1) is 21.2 Å². The molecule has 0 aliphatic rings. The van der Waals surface area contributed by atoms with E-state index >= 15 is 0 Å². The van der Waals surface area contributed by atoms with E-state index in [1.165, 1.54) is 35.1 Å². The Morgan fingerprint density at radius 3 is 2.92 bits per heavy atom. The van der Waals surface area contributed by atoms with Crippen LogP contribution in [0.5, 0.6) is 5.75 Å². The molecular formula is C17H15N3O4S. The second kappa shape index (κ2) is 7.27. The highest BCUT2D eigenvalue weighted by atomic mass is 32.1. The number of hydrogen-bond donors (Lipinski definition) is 1. The number of non-ortho nitro benzene ring substituents is 1. The number of nitrogens with one attached hydrogen (secondary N) is 1. The summed E-state index contributed by atoms with van der Waals surface area (Å²) in [7, 11) is 0. The lowest BCUT2D eigenvalue weighted by Gasteiger charge is -2.05. The van der Waals surface area contributed by atoms with Crippen molar-refractivity contribution in [1.29, 1.82) is 0 Å². The van der Waals surface area contributed by atoms with Crippen LogP contribution in [-0.4, -0.2) is 22.4 Å². The van der Waals surface area contributed by atoms with Crippen LogP contribution >= 0.6 is 11.3 Å². The molecule has 25 heavy (non-hydrogen) atoms. The largest absolute Gasteiger partial charge is 0.484 e. The van der Waals surface area contributed by atoms with Crippen molar-refractivity contribution in [3.8, 4) is 5.75 Å². The van der Waals surface area contributed by atoms with Crippen LogP contribution in [0.4, 0.5) is 10.8 Å². The van der Waals surface area contributed by atoms with E-state index in [0.29, 0.717) is 5.13 Å². The second-order valence-electron chi connectivity index (χ2n) is 5.27. The van der Waals surface area contributed by atoms with Crippen LogP contribution in [0, 0.1) is 10.1 Å². The van der Waals surface area contributed by atoms with Gasteiger partial charge in [0.15, 0.2) is 11.7 Å². The van der Waals surface area contributed by atoms with Crippen LogP contribution in [0.2, 0.25) is 0 Å². The van der Waals surface area contributed by atoms with E-state index < -0.39 is 4.92 Å². The summed E-state index contributed by atoms with van der Waals surface area (Å²) in [5, 5.41) is 13.9. The molecule has 0 spiro atoms. The first-order valence-corrected chi connectivity index (χ1v) is 8.43. The molecule has 0 saturated heterocycles. The van der Waals surface area contributed by atoms with E-state index in [4.69, 9.17) is 4.74 Å². The summed E-state index contributed by atoms with van der Waals surface area (Å²) in [6, 6.07) is 11.7. The molecule has 0 radical (unpaired) electrons. The molecule has 0 atom stereocenters. The number of anilines is 1. The molecular weight excluding hydrogens is 342 g/mol. The number of thiazole rings is 1. The Kier molecular flexibility index (Phi) is 4.90. The zero-order valence-corrected chi connectivity index (χ0v) is 14.2. The molecule has 128 valence electrons. The van der Waals surface area contributed by atoms with Gasteiger partial charge in [-0.1, -0.05) is 30.4 Å². The van der Waals surface area contributed by atoms with Crippen molar-refractivity contribution in [3.05, 3.63) is 58.1 Å². The molecule has 0 aliphatic heterocycles. The maximum Gasteiger partial charge on any atom is 0.273 e. The molecule has 3 rings (SSSR count). The first-order chi connectivity index (χ1) is 12.0. The number of aryl methyl sites for hydroxylation is 1. The molecule has 0 unspecified atom stereocenters. The third-order valence-corrected chi connectivity index (χ3v) is 4.44. The molecule has 7 nitrogen and oxygen atoms in total. The molecule has 8 heteroatoms. The summed E-state index contributed by atoms with van der Waals surface area (Å²) in [4.78, 5) is 26.6. The molecule has 0 bridgehead atoms. The van der Waals surface area contributed by atoms with Crippen molar-refractivity contribution in [2.24, 2.45) is 0 Å². The Morgan fingerprint density at radius 1 is 1.32 bits per heavy atom. The maximum absolute atomic E-state index is 12.0. The third-order valence-electron chi connectivity index (χ3n) is 3.51. The maximum atomic E-state index is 12.0. The van der Waals surface area contributed by atoms with Crippen molar-refractivity contribution in [3.63, 3.8) is 0 Å². The van der Waals surface area contributed by atoms with Gasteiger partial charge in [0.2, 0.25) is 0 Å². The molecule has 0 saturated carbocycles. The summed E-state index contributed by atoms with van der Waals surface area (Å²) in [6.45, 7) is 1.83. The van der Waals surface area contributed by atoms with Crippen molar-refractivity contribution in [2.45, 2.75) is 13.3 Å². The average molecular weight is 357 g/mol. The number of nitro groups is 1. The van der Waals surface area contributed by atoms with Gasteiger partial charge in [-0.05, 0) is 30.2 Å². The monoisotopic (exact) mass is 357 g/mol. The normalized spacial score (nSPS) is 10.6. The van der Waals surface area contributed by atoms with Gasteiger partial charge in [0.25, 0.3) is 11.6 Å². The Bertz CT molecular complexity index is 939. The zero-order chi connectivity index (χ0) is 17.8. The van der Waals surface area contributed by atoms with Gasteiger partial charge >= 0.3 is 0 Å². The van der Waals surface area contributed by atoms with Gasteiger partial charge in [-0.25, -0.2) is 4.98 Å². The minimum absolute atomic E-state index is 0.0872. The van der Waals surface area contributed by atoms with Crippen LogP contribution < -0.4 is 10.1 Å². The van der Waals surface area contributed by atoms with Crippen molar-refractivity contribution >= 4 is 38.3 Å². The smallest absolute Gasteiger partial charge is 0.273 e. The quantitative estimate of drug-likeness (QED) is 0.535. The zero-order valence-electron chi connectivity index (χ0n) is 13.4. The highest BCUT2D eigenvalue weighted by Crippen LogP contribution is 2.27. The third kappa shape index (κ3) is 4.10. The number of amides is 1. The van der Waals surface area contributed by atoms with Gasteiger partial charge in [-0.15, -0.1) is 0 Å². The summed E-state index contributed by atoms with van der Waals surface area (Å²) >= 11 is 1.40. The number of rotatable bonds is 6. The highest BCUT2D eigenvalue weighted by Gasteiger charge is 2.11. The van der Waals surface area contributed by atoms with E-state index in [9.17, 15) is 14.9 Å². The summed E-state index contributed by atoms with van der Waals surface area (Å²) in [5.74, 6) is -0.109. The van der Waals surface area contributed by atoms with Crippen molar-refractivity contribution in [2.75, 3.05) is 11.9 Å². The predicted octanol–water partition coefficient (Wildman–Crippen LogP) is 3.78. The standard InChI is InChI=1S/C17H15N3O4S/c1-2-11-6-7-14-15(8-11)25-17(18-14)19-16(21)10-24-13-5-3-4-12(9-13)20(22)23/h3-9H,2,10H2,1H3,(H,18,19,21). The van der Waals surface area contributed by atoms with Gasteiger partial charge in [0, 0.05) is 6.07 Å². The minimum atomic E-state index is -0.515. The summed E-state index contributed by atoms with van der Waals surface area (Å²) in [5.41, 5.74) is 1.95. The fourth-order valence-electron chi connectivity index (χ4n) is 2.23. The lowest BCUT2D eigenvalue weighted by Crippen LogP contribution is -2.20. The van der Waals surface area contributed by atoms with Crippen LogP contribution in [0.15, 0.2) is 42.5 Å². The molecule has 1 amide bonds. The van der Waals surface area contributed by atoms with E-state index in [-0.39, 0.29) is 24.0 Å². The number of carbonyl (C=O) groups excluding carboxylic acids is 1. The average Bonchev–Trinajstić information content (AvgIpc) is 3.01. The number of nitrogens with zero attached hydrogens (tertiary/aromatic N) is 2. The van der Waals surface area contributed by atoms with Gasteiger partial charge < -0.3 is 4.74 Å². The fraction of sp³-hybridized carbons (Fsp3) is 0.176. The number of fused-ring (bicyclic) bond motifs is 1. The Morgan fingerprint density at radius 2 is 2.16 bits per heavy atom. The molecule has 0 fully saturated rings. The van der Waals surface area contributed by atoms with Gasteiger partial charge in [-0.2, -0.15) is 0 Å². The van der Waals surface area contributed by atoms with Crippen LogP contribution in [0.3, 0.4) is 0 Å². The number of benzene rings is 2.